The number of carboxylic acids is 6. The zero-order valence-electron chi connectivity index (χ0n) is 20.7. The second kappa shape index (κ2) is 21.5. The number of aliphatic carboxylic acids is 6. The molecule has 0 aliphatic rings. The van der Waals surface area contributed by atoms with Crippen molar-refractivity contribution in [1.29, 1.82) is 0 Å². The van der Waals surface area contributed by atoms with E-state index in [-0.39, 0.29) is 17.1 Å². The average Bonchev–Trinajstić information content (AvgIpc) is 2.92. The minimum absolute atomic E-state index is 0. The van der Waals surface area contributed by atoms with Crippen LogP contribution in [-0.4, -0.2) is 186 Å². The van der Waals surface area contributed by atoms with Crippen LogP contribution in [0.4, 0.5) is 0 Å². The summed E-state index contributed by atoms with van der Waals surface area (Å²) in [5.74, 6) is -11.8. The summed E-state index contributed by atoms with van der Waals surface area (Å²) in [6.07, 6.45) is -28.6. The zero-order chi connectivity index (χ0) is 34.4. The molecule has 24 nitrogen and oxygen atoms in total. The van der Waals surface area contributed by atoms with E-state index in [1.807, 2.05) is 0 Å². The predicted octanol–water partition coefficient (Wildman–Crippen LogP) is -14.2. The smallest absolute Gasteiger partial charge is 0.547 e. The van der Waals surface area contributed by atoms with Crippen LogP contribution in [0, 0.1) is 0 Å². The third-order valence-corrected chi connectivity index (χ3v) is 4.47. The Labute approximate surface area is 247 Å². The van der Waals surface area contributed by atoms with Crippen LogP contribution in [0.5, 0.6) is 0 Å². The molecule has 0 aromatic rings. The van der Waals surface area contributed by atoms with Gasteiger partial charge in [-0.3, -0.25) is 0 Å². The fourth-order valence-corrected chi connectivity index (χ4v) is 1.98. The molecule has 0 rings (SSSR count). The molecule has 0 unspecified atom stereocenters. The van der Waals surface area contributed by atoms with Gasteiger partial charge in [-0.2, -0.15) is 0 Å². The normalized spacial score (nSPS) is 19.0. The van der Waals surface area contributed by atoms with Crippen LogP contribution in [0.15, 0.2) is 0 Å². The van der Waals surface area contributed by atoms with Gasteiger partial charge in [0, 0.05) is 0 Å². The Morgan fingerprint density at radius 2 is 0.442 bits per heavy atom. The first-order valence-electron chi connectivity index (χ1n) is 10.3. The molecule has 0 aromatic carbocycles. The summed E-state index contributed by atoms with van der Waals surface area (Å²) >= 11 is 0. The second-order valence-corrected chi connectivity index (χ2v) is 7.58. The first kappa shape index (κ1) is 46.8. The fraction of sp³-hybridized carbons (Fsp3) is 0.667. The molecule has 0 bridgehead atoms. The molecule has 0 aliphatic carbocycles. The first-order chi connectivity index (χ1) is 18.9. The van der Waals surface area contributed by atoms with Crippen LogP contribution in [0.25, 0.3) is 0 Å². The largest absolute Gasteiger partial charge is 3.00 e. The van der Waals surface area contributed by atoms with Gasteiger partial charge in [0.15, 0.2) is 18.3 Å². The summed E-state index contributed by atoms with van der Waals surface area (Å²) in [5, 5.41) is 159. The number of hydrogen-bond acceptors (Lipinski definition) is 21. The SMILES string of the molecule is O=C(O)[C@@H](O)[C@@H](O)[C@H](O)[C@@H](O)C(=O)[O-].O=C(O)[C@@H](O)[C@@H](O)[C@H](O)[C@@H](O)C(=O)[O-].O=C(O)[C@@H](O)[C@@H](O)[C@H](O)[C@@H](O)C(=O)[O-].[Fe+3]. The molecule has 0 saturated carbocycles. The van der Waals surface area contributed by atoms with Crippen molar-refractivity contribution in [3.63, 3.8) is 0 Å². The number of rotatable bonds is 15. The molecular weight excluding hydrogens is 656 g/mol. The van der Waals surface area contributed by atoms with Crippen molar-refractivity contribution in [3.05, 3.63) is 0 Å². The Hall–Kier alpha value is -3.14. The third kappa shape index (κ3) is 16.3. The molecule has 0 spiro atoms. The molecule has 43 heavy (non-hydrogen) atoms. The van der Waals surface area contributed by atoms with Crippen molar-refractivity contribution in [2.75, 3.05) is 0 Å². The summed E-state index contributed by atoms with van der Waals surface area (Å²) in [4.78, 5) is 60.1. The van der Waals surface area contributed by atoms with E-state index in [0.717, 1.165) is 0 Å². The fourth-order valence-electron chi connectivity index (χ4n) is 1.98. The van der Waals surface area contributed by atoms with E-state index in [2.05, 4.69) is 0 Å². The van der Waals surface area contributed by atoms with Gasteiger partial charge in [-0.1, -0.05) is 0 Å². The third-order valence-electron chi connectivity index (χ3n) is 4.47. The Balaban J connectivity index is -0.000000262. The van der Waals surface area contributed by atoms with Crippen molar-refractivity contribution in [3.8, 4) is 0 Å². The number of aliphatic hydroxyl groups excluding tert-OH is 12. The Morgan fingerprint density at radius 3 is 0.535 bits per heavy atom. The molecule has 0 heterocycles. The molecule has 0 aliphatic heterocycles. The van der Waals surface area contributed by atoms with Gasteiger partial charge in [0.1, 0.15) is 54.9 Å². The van der Waals surface area contributed by atoms with Crippen LogP contribution in [0.2, 0.25) is 0 Å². The molecule has 0 saturated heterocycles. The van der Waals surface area contributed by atoms with Crippen molar-refractivity contribution in [2.24, 2.45) is 0 Å². The molecule has 25 heteroatoms. The van der Waals surface area contributed by atoms with Crippen LogP contribution in [0.1, 0.15) is 0 Å². The minimum Gasteiger partial charge on any atom is -0.547 e. The average molecular weight is 683 g/mol. The van der Waals surface area contributed by atoms with Crippen LogP contribution in [-0.2, 0) is 45.8 Å². The van der Waals surface area contributed by atoms with E-state index in [1.54, 1.807) is 0 Å². The van der Waals surface area contributed by atoms with E-state index in [9.17, 15) is 44.1 Å². The van der Waals surface area contributed by atoms with Gasteiger partial charge < -0.3 is 106 Å². The van der Waals surface area contributed by atoms with Crippen molar-refractivity contribution in [1.82, 2.24) is 0 Å². The molecule has 15 N–H and O–H groups in total. The number of hydrogen-bond donors (Lipinski definition) is 15. The number of aliphatic hydroxyl groups is 12. The zero-order valence-corrected chi connectivity index (χ0v) is 21.8. The van der Waals surface area contributed by atoms with Crippen LogP contribution < -0.4 is 15.3 Å². The van der Waals surface area contributed by atoms with E-state index in [4.69, 9.17) is 76.6 Å². The monoisotopic (exact) mass is 683 g/mol. The number of carbonyl (C=O) groups excluding carboxylic acids is 3. The molecule has 12 atom stereocenters. The summed E-state index contributed by atoms with van der Waals surface area (Å²) in [6.45, 7) is 0. The summed E-state index contributed by atoms with van der Waals surface area (Å²) in [6, 6.07) is 0. The van der Waals surface area contributed by atoms with Gasteiger partial charge in [-0.25, -0.2) is 14.4 Å². The number of carbonyl (C=O) groups is 6. The second-order valence-electron chi connectivity index (χ2n) is 7.58. The number of carboxylic acid groups (broad SMARTS) is 6. The Bertz CT molecular complexity index is 727. The van der Waals surface area contributed by atoms with Gasteiger partial charge in [0.05, 0.1) is 17.9 Å². The van der Waals surface area contributed by atoms with Crippen molar-refractivity contribution < 1.29 is 138 Å². The Morgan fingerprint density at radius 1 is 0.326 bits per heavy atom. The maximum absolute atomic E-state index is 10.1. The maximum atomic E-state index is 10.1. The first-order valence-corrected chi connectivity index (χ1v) is 10.3. The molecule has 0 fully saturated rings. The van der Waals surface area contributed by atoms with Crippen LogP contribution in [0.3, 0.4) is 0 Å². The van der Waals surface area contributed by atoms with Crippen molar-refractivity contribution in [2.45, 2.75) is 73.2 Å². The Kier molecular flexibility index (Phi) is 23.4. The summed E-state index contributed by atoms with van der Waals surface area (Å²) in [7, 11) is 0. The molecular formula is C18H27FeO24. The molecule has 251 valence electrons. The minimum atomic E-state index is -2.47. The van der Waals surface area contributed by atoms with Crippen LogP contribution >= 0.6 is 0 Å². The molecule has 1 radical (unpaired) electrons. The summed E-state index contributed by atoms with van der Waals surface area (Å²) < 4.78 is 0. The molecule has 0 amide bonds. The quantitative estimate of drug-likeness (QED) is 0.0712. The maximum Gasteiger partial charge on any atom is 3.00 e. The van der Waals surface area contributed by atoms with Crippen molar-refractivity contribution >= 4 is 35.8 Å². The summed E-state index contributed by atoms with van der Waals surface area (Å²) in [5.41, 5.74) is 0. The topological polar surface area (TPSA) is 475 Å². The van der Waals surface area contributed by atoms with E-state index < -0.39 is 109 Å². The molecule has 0 aromatic heterocycles. The predicted molar refractivity (Wildman–Crippen MR) is 110 cm³/mol. The van der Waals surface area contributed by atoms with Gasteiger partial charge in [0.2, 0.25) is 0 Å². The van der Waals surface area contributed by atoms with E-state index in [1.165, 1.54) is 0 Å². The van der Waals surface area contributed by atoms with Gasteiger partial charge in [0.25, 0.3) is 0 Å². The van der Waals surface area contributed by atoms with Gasteiger partial charge >= 0.3 is 35.0 Å². The van der Waals surface area contributed by atoms with Gasteiger partial charge in [-0.05, 0) is 0 Å². The van der Waals surface area contributed by atoms with E-state index in [0.29, 0.717) is 0 Å². The standard InChI is InChI=1S/3C6H10O8.Fe/c3*7-1(3(9)5(11)12)2(8)4(10)6(13)14;/h3*1-4,7-10H,(H,11,12)(H,13,14);/q;;;+3/p-3/t3*1-,2-,3-,4+;/m000./s1. The van der Waals surface area contributed by atoms with Gasteiger partial charge in [-0.15, -0.1) is 0 Å². The van der Waals surface area contributed by atoms with E-state index >= 15 is 0 Å².